The molecule has 0 aliphatic heterocycles. The van der Waals surface area contributed by atoms with Crippen molar-refractivity contribution in [3.05, 3.63) is 68.1 Å². The highest BCUT2D eigenvalue weighted by Gasteiger charge is 2.20. The summed E-state index contributed by atoms with van der Waals surface area (Å²) < 4.78 is 12.0. The highest BCUT2D eigenvalue weighted by Crippen LogP contribution is 2.17. The molecule has 3 heterocycles. The van der Waals surface area contributed by atoms with Crippen molar-refractivity contribution < 1.29 is 4.74 Å². The first-order valence-corrected chi connectivity index (χ1v) is 10.2. The number of hydrogen-bond acceptors (Lipinski definition) is 4. The molecule has 0 N–H and O–H groups in total. The summed E-state index contributed by atoms with van der Waals surface area (Å²) in [4.78, 5) is 30.9. The summed E-state index contributed by atoms with van der Waals surface area (Å²) >= 11 is 0. The molecule has 4 rings (SSSR count). The van der Waals surface area contributed by atoms with Crippen molar-refractivity contribution >= 4 is 16.9 Å². The Labute approximate surface area is 174 Å². The van der Waals surface area contributed by atoms with Crippen LogP contribution in [0.1, 0.15) is 30.2 Å². The second-order valence-electron chi connectivity index (χ2n) is 7.65. The fourth-order valence-electron chi connectivity index (χ4n) is 3.82. The molecule has 0 saturated carbocycles. The molecule has 0 unspecified atom stereocenters. The van der Waals surface area contributed by atoms with Crippen molar-refractivity contribution in [3.8, 4) is 0 Å². The predicted molar refractivity (Wildman–Crippen MR) is 116 cm³/mol. The van der Waals surface area contributed by atoms with Crippen molar-refractivity contribution in [1.29, 1.82) is 0 Å². The number of ether oxygens (including phenoxy) is 1. The van der Waals surface area contributed by atoms with Gasteiger partial charge in [-0.25, -0.2) is 4.79 Å². The average molecular weight is 409 g/mol. The van der Waals surface area contributed by atoms with Crippen LogP contribution in [0.2, 0.25) is 0 Å². The Morgan fingerprint density at radius 3 is 2.50 bits per heavy atom. The van der Waals surface area contributed by atoms with Gasteiger partial charge in [-0.2, -0.15) is 4.98 Å². The minimum Gasteiger partial charge on any atom is -0.382 e. The SMILES string of the molecule is CCOCCCn1c(C)cn2c3c(=O)n(Cc4ccc(C)cc4)c(=O)n(C)c3nc12. The number of aromatic nitrogens is 5. The summed E-state index contributed by atoms with van der Waals surface area (Å²) in [6.07, 6.45) is 2.76. The van der Waals surface area contributed by atoms with Gasteiger partial charge in [0, 0.05) is 38.7 Å². The molecule has 8 nitrogen and oxygen atoms in total. The van der Waals surface area contributed by atoms with Crippen LogP contribution in [-0.2, 0) is 24.9 Å². The van der Waals surface area contributed by atoms with E-state index in [9.17, 15) is 9.59 Å². The highest BCUT2D eigenvalue weighted by molar-refractivity contribution is 5.75. The maximum absolute atomic E-state index is 13.3. The first-order valence-electron chi connectivity index (χ1n) is 10.2. The molecule has 0 fully saturated rings. The molecule has 0 aliphatic carbocycles. The quantitative estimate of drug-likeness (QED) is 0.439. The molecule has 158 valence electrons. The zero-order chi connectivity index (χ0) is 21.4. The van der Waals surface area contributed by atoms with Crippen LogP contribution in [0.5, 0.6) is 0 Å². The van der Waals surface area contributed by atoms with Gasteiger partial charge in [-0.05, 0) is 32.8 Å². The highest BCUT2D eigenvalue weighted by atomic mass is 16.5. The fraction of sp³-hybridized carbons (Fsp3) is 0.409. The summed E-state index contributed by atoms with van der Waals surface area (Å²) in [5, 5.41) is 0. The van der Waals surface area contributed by atoms with Crippen molar-refractivity contribution in [2.75, 3.05) is 13.2 Å². The number of fused-ring (bicyclic) bond motifs is 3. The molecule has 0 aliphatic rings. The molecule has 0 amide bonds. The van der Waals surface area contributed by atoms with Gasteiger partial charge in [0.25, 0.3) is 5.56 Å². The minimum absolute atomic E-state index is 0.225. The molecule has 0 radical (unpaired) electrons. The van der Waals surface area contributed by atoms with Gasteiger partial charge in [0.15, 0.2) is 11.2 Å². The lowest BCUT2D eigenvalue weighted by Crippen LogP contribution is -2.39. The summed E-state index contributed by atoms with van der Waals surface area (Å²) in [5.41, 5.74) is 3.18. The second-order valence-corrected chi connectivity index (χ2v) is 7.65. The molecular formula is C22H27N5O3. The Balaban J connectivity index is 1.84. The van der Waals surface area contributed by atoms with Crippen molar-refractivity contribution in [2.45, 2.75) is 40.3 Å². The van der Waals surface area contributed by atoms with E-state index in [1.54, 1.807) is 11.4 Å². The lowest BCUT2D eigenvalue weighted by molar-refractivity contribution is 0.142. The molecule has 4 aromatic rings. The van der Waals surface area contributed by atoms with Gasteiger partial charge >= 0.3 is 5.69 Å². The van der Waals surface area contributed by atoms with E-state index in [1.807, 2.05) is 51.2 Å². The Hall–Kier alpha value is -3.13. The molecule has 30 heavy (non-hydrogen) atoms. The maximum Gasteiger partial charge on any atom is 0.332 e. The van der Waals surface area contributed by atoms with Crippen LogP contribution >= 0.6 is 0 Å². The number of hydrogen-bond donors (Lipinski definition) is 0. The van der Waals surface area contributed by atoms with Crippen molar-refractivity contribution in [3.63, 3.8) is 0 Å². The Bertz CT molecular complexity index is 1320. The van der Waals surface area contributed by atoms with E-state index < -0.39 is 0 Å². The Morgan fingerprint density at radius 2 is 1.80 bits per heavy atom. The number of benzene rings is 1. The second kappa shape index (κ2) is 7.95. The first-order chi connectivity index (χ1) is 14.4. The lowest BCUT2D eigenvalue weighted by atomic mass is 10.1. The van der Waals surface area contributed by atoms with Crippen molar-refractivity contribution in [1.82, 2.24) is 23.1 Å². The van der Waals surface area contributed by atoms with Crippen LogP contribution in [0.15, 0.2) is 40.1 Å². The molecular weight excluding hydrogens is 382 g/mol. The number of nitrogens with zero attached hydrogens (tertiary/aromatic N) is 5. The van der Waals surface area contributed by atoms with Crippen LogP contribution in [0.25, 0.3) is 16.9 Å². The fourth-order valence-corrected chi connectivity index (χ4v) is 3.82. The molecule has 0 saturated heterocycles. The molecule has 8 heteroatoms. The summed E-state index contributed by atoms with van der Waals surface area (Å²) in [6, 6.07) is 7.84. The van der Waals surface area contributed by atoms with Crippen LogP contribution in [0.3, 0.4) is 0 Å². The predicted octanol–water partition coefficient (Wildman–Crippen LogP) is 2.24. The van der Waals surface area contributed by atoms with Crippen LogP contribution in [0, 0.1) is 13.8 Å². The maximum atomic E-state index is 13.3. The van der Waals surface area contributed by atoms with Gasteiger partial charge in [0.05, 0.1) is 6.54 Å². The third-order valence-corrected chi connectivity index (χ3v) is 5.48. The summed E-state index contributed by atoms with van der Waals surface area (Å²) in [5.74, 6) is 0.666. The number of rotatable bonds is 7. The zero-order valence-electron chi connectivity index (χ0n) is 17.9. The lowest BCUT2D eigenvalue weighted by Gasteiger charge is -2.08. The monoisotopic (exact) mass is 409 g/mol. The normalized spacial score (nSPS) is 11.7. The van der Waals surface area contributed by atoms with Crippen LogP contribution in [0.4, 0.5) is 0 Å². The van der Waals surface area contributed by atoms with Crippen LogP contribution < -0.4 is 11.2 Å². The zero-order valence-corrected chi connectivity index (χ0v) is 17.9. The third kappa shape index (κ3) is 3.37. The third-order valence-electron chi connectivity index (χ3n) is 5.48. The van der Waals surface area contributed by atoms with E-state index in [-0.39, 0.29) is 17.8 Å². The van der Waals surface area contributed by atoms with E-state index in [0.29, 0.717) is 30.2 Å². The molecule has 0 spiro atoms. The number of imidazole rings is 2. The van der Waals surface area contributed by atoms with E-state index in [4.69, 9.17) is 4.74 Å². The number of aryl methyl sites for hydroxylation is 4. The van der Waals surface area contributed by atoms with Gasteiger partial charge in [0.1, 0.15) is 0 Å². The molecule has 3 aromatic heterocycles. The average Bonchev–Trinajstić information content (AvgIpc) is 3.24. The smallest absolute Gasteiger partial charge is 0.332 e. The van der Waals surface area contributed by atoms with Gasteiger partial charge in [-0.3, -0.25) is 18.3 Å². The van der Waals surface area contributed by atoms with Gasteiger partial charge in [-0.1, -0.05) is 29.8 Å². The standard InChI is InChI=1S/C22H27N5O3/c1-5-30-12-6-11-25-16(3)13-26-18-19(23-21(25)26)24(4)22(29)27(20(18)28)14-17-9-7-15(2)8-10-17/h7-10,13H,5-6,11-12,14H2,1-4H3. The van der Waals surface area contributed by atoms with Gasteiger partial charge < -0.3 is 9.30 Å². The van der Waals surface area contributed by atoms with Crippen molar-refractivity contribution in [2.24, 2.45) is 7.05 Å². The van der Waals surface area contributed by atoms with E-state index in [0.717, 1.165) is 29.8 Å². The summed E-state index contributed by atoms with van der Waals surface area (Å²) in [7, 11) is 1.66. The molecule has 0 atom stereocenters. The Morgan fingerprint density at radius 1 is 1.07 bits per heavy atom. The van der Waals surface area contributed by atoms with E-state index >= 15 is 0 Å². The van der Waals surface area contributed by atoms with E-state index in [2.05, 4.69) is 9.55 Å². The molecule has 0 bridgehead atoms. The Kier molecular flexibility index (Phi) is 5.34. The summed E-state index contributed by atoms with van der Waals surface area (Å²) in [6.45, 7) is 8.29. The first kappa shape index (κ1) is 20.2. The minimum atomic E-state index is -0.367. The molecule has 1 aromatic carbocycles. The van der Waals surface area contributed by atoms with Gasteiger partial charge in [0.2, 0.25) is 5.78 Å². The largest absolute Gasteiger partial charge is 0.382 e. The van der Waals surface area contributed by atoms with Crippen LogP contribution in [-0.4, -0.2) is 36.3 Å². The van der Waals surface area contributed by atoms with E-state index in [1.165, 1.54) is 9.13 Å². The topological polar surface area (TPSA) is 75.5 Å². The van der Waals surface area contributed by atoms with Gasteiger partial charge in [-0.15, -0.1) is 0 Å².